The van der Waals surface area contributed by atoms with Crippen LogP contribution in [0.15, 0.2) is 10.5 Å². The first-order valence-corrected chi connectivity index (χ1v) is 7.75. The first-order chi connectivity index (χ1) is 8.31. The van der Waals surface area contributed by atoms with Gasteiger partial charge in [-0.1, -0.05) is 19.3 Å². The Morgan fingerprint density at radius 2 is 2.00 bits per heavy atom. The van der Waals surface area contributed by atoms with Crippen LogP contribution in [0.3, 0.4) is 0 Å². The fourth-order valence-electron chi connectivity index (χ4n) is 2.66. The molecule has 0 aromatic rings. The van der Waals surface area contributed by atoms with Gasteiger partial charge in [0, 0.05) is 10.8 Å². The summed E-state index contributed by atoms with van der Waals surface area (Å²) in [4.78, 5) is 13.1. The number of carbonyl (C=O) groups excluding carboxylic acids is 1. The second kappa shape index (κ2) is 6.48. The zero-order valence-electron chi connectivity index (χ0n) is 10.7. The molecule has 0 saturated heterocycles. The highest BCUT2D eigenvalue weighted by Crippen LogP contribution is 2.41. The maximum atomic E-state index is 11.8. The van der Waals surface area contributed by atoms with E-state index in [1.807, 2.05) is 18.7 Å². The maximum Gasteiger partial charge on any atom is 0.334 e. The van der Waals surface area contributed by atoms with E-state index in [1.54, 1.807) is 0 Å². The van der Waals surface area contributed by atoms with Gasteiger partial charge in [-0.2, -0.15) is 0 Å². The standard InChI is InChI=1S/C14H22O2S/c1-2-16-14(15)12-9-6-10-13(12)17-11-7-4-3-5-8-11/h11H,2-10H2,1H3. The van der Waals surface area contributed by atoms with Crippen LogP contribution >= 0.6 is 11.8 Å². The molecule has 1 fully saturated rings. The second-order valence-electron chi connectivity index (χ2n) is 4.85. The molecule has 1 saturated carbocycles. The number of thioether (sulfide) groups is 1. The van der Waals surface area contributed by atoms with Gasteiger partial charge in [-0.25, -0.2) is 4.79 Å². The van der Waals surface area contributed by atoms with Crippen molar-refractivity contribution in [3.63, 3.8) is 0 Å². The molecule has 0 heterocycles. The minimum atomic E-state index is -0.0664. The summed E-state index contributed by atoms with van der Waals surface area (Å²) in [5.41, 5.74) is 0.974. The van der Waals surface area contributed by atoms with Crippen molar-refractivity contribution >= 4 is 17.7 Å². The molecular weight excluding hydrogens is 232 g/mol. The third-order valence-electron chi connectivity index (χ3n) is 3.55. The summed E-state index contributed by atoms with van der Waals surface area (Å²) < 4.78 is 5.14. The molecule has 0 unspecified atom stereocenters. The first kappa shape index (κ1) is 13.0. The third-order valence-corrected chi connectivity index (χ3v) is 5.09. The van der Waals surface area contributed by atoms with E-state index in [0.29, 0.717) is 6.61 Å². The Morgan fingerprint density at radius 1 is 1.24 bits per heavy atom. The van der Waals surface area contributed by atoms with Gasteiger partial charge in [0.2, 0.25) is 0 Å². The van der Waals surface area contributed by atoms with E-state index < -0.39 is 0 Å². The summed E-state index contributed by atoms with van der Waals surface area (Å²) in [7, 11) is 0. The Labute approximate surface area is 108 Å². The molecule has 3 heteroatoms. The highest BCUT2D eigenvalue weighted by molar-refractivity contribution is 8.03. The van der Waals surface area contributed by atoms with Crippen molar-refractivity contribution in [3.8, 4) is 0 Å². The van der Waals surface area contributed by atoms with E-state index in [-0.39, 0.29) is 5.97 Å². The van der Waals surface area contributed by atoms with Crippen LogP contribution in [-0.4, -0.2) is 17.8 Å². The minimum Gasteiger partial charge on any atom is -0.463 e. The highest BCUT2D eigenvalue weighted by Gasteiger charge is 2.25. The van der Waals surface area contributed by atoms with E-state index in [9.17, 15) is 4.79 Å². The molecule has 0 spiro atoms. The number of rotatable bonds is 4. The summed E-state index contributed by atoms with van der Waals surface area (Å²) in [6.45, 7) is 2.37. The van der Waals surface area contributed by atoms with Gasteiger partial charge in [0.25, 0.3) is 0 Å². The second-order valence-corrected chi connectivity index (χ2v) is 6.25. The number of hydrogen-bond donors (Lipinski definition) is 0. The number of allylic oxidation sites excluding steroid dienone is 1. The van der Waals surface area contributed by atoms with Crippen molar-refractivity contribution < 1.29 is 9.53 Å². The van der Waals surface area contributed by atoms with Crippen molar-refractivity contribution in [2.24, 2.45) is 0 Å². The molecule has 0 N–H and O–H groups in total. The maximum absolute atomic E-state index is 11.8. The fourth-order valence-corrected chi connectivity index (χ4v) is 4.23. The molecule has 17 heavy (non-hydrogen) atoms. The van der Waals surface area contributed by atoms with Gasteiger partial charge in [-0.3, -0.25) is 0 Å². The van der Waals surface area contributed by atoms with Crippen molar-refractivity contribution in [2.45, 2.75) is 63.5 Å². The van der Waals surface area contributed by atoms with Crippen LogP contribution < -0.4 is 0 Å². The quantitative estimate of drug-likeness (QED) is 0.708. The Hall–Kier alpha value is -0.440. The van der Waals surface area contributed by atoms with E-state index in [0.717, 1.165) is 30.1 Å². The molecule has 0 aromatic heterocycles. The highest BCUT2D eigenvalue weighted by atomic mass is 32.2. The van der Waals surface area contributed by atoms with E-state index in [4.69, 9.17) is 4.74 Å². The monoisotopic (exact) mass is 254 g/mol. The Balaban J connectivity index is 1.96. The minimum absolute atomic E-state index is 0.0664. The lowest BCUT2D eigenvalue weighted by atomic mass is 10.0. The van der Waals surface area contributed by atoms with Gasteiger partial charge >= 0.3 is 5.97 Å². The summed E-state index contributed by atoms with van der Waals surface area (Å²) in [6.07, 6.45) is 9.90. The predicted octanol–water partition coefficient (Wildman–Crippen LogP) is 4.05. The van der Waals surface area contributed by atoms with Crippen LogP contribution in [0.1, 0.15) is 58.3 Å². The van der Waals surface area contributed by atoms with E-state index in [2.05, 4.69) is 0 Å². The number of hydrogen-bond acceptors (Lipinski definition) is 3. The van der Waals surface area contributed by atoms with Crippen LogP contribution in [0.25, 0.3) is 0 Å². The summed E-state index contributed by atoms with van der Waals surface area (Å²) in [6, 6.07) is 0. The average molecular weight is 254 g/mol. The smallest absolute Gasteiger partial charge is 0.334 e. The molecule has 2 aliphatic rings. The molecule has 96 valence electrons. The van der Waals surface area contributed by atoms with Crippen molar-refractivity contribution in [2.75, 3.05) is 6.61 Å². The molecule has 0 bridgehead atoms. The van der Waals surface area contributed by atoms with E-state index in [1.165, 1.54) is 37.0 Å². The molecule has 0 aliphatic heterocycles. The van der Waals surface area contributed by atoms with Crippen molar-refractivity contribution in [1.29, 1.82) is 0 Å². The Kier molecular flexibility index (Phi) is 4.96. The zero-order chi connectivity index (χ0) is 12.1. The number of esters is 1. The summed E-state index contributed by atoms with van der Waals surface area (Å²) in [5, 5.41) is 0.751. The Morgan fingerprint density at radius 3 is 2.71 bits per heavy atom. The summed E-state index contributed by atoms with van der Waals surface area (Å²) >= 11 is 1.97. The Bertz CT molecular complexity index is 303. The topological polar surface area (TPSA) is 26.3 Å². The SMILES string of the molecule is CCOC(=O)C1=C(SC2CCCCC2)CCC1. The van der Waals surface area contributed by atoms with Crippen LogP contribution in [0.2, 0.25) is 0 Å². The van der Waals surface area contributed by atoms with Crippen LogP contribution in [0.4, 0.5) is 0 Å². The molecule has 0 radical (unpaired) electrons. The zero-order valence-corrected chi connectivity index (χ0v) is 11.5. The van der Waals surface area contributed by atoms with Crippen LogP contribution in [0.5, 0.6) is 0 Å². The molecule has 2 aliphatic carbocycles. The lowest BCUT2D eigenvalue weighted by molar-refractivity contribution is -0.138. The molecular formula is C14H22O2S. The third kappa shape index (κ3) is 3.51. The molecule has 0 atom stereocenters. The van der Waals surface area contributed by atoms with Gasteiger partial charge in [0.1, 0.15) is 0 Å². The van der Waals surface area contributed by atoms with Gasteiger partial charge in [-0.05, 0) is 43.9 Å². The lowest BCUT2D eigenvalue weighted by Crippen LogP contribution is -2.10. The fraction of sp³-hybridized carbons (Fsp3) is 0.786. The largest absolute Gasteiger partial charge is 0.463 e. The number of carbonyl (C=O) groups is 1. The molecule has 2 nitrogen and oxygen atoms in total. The number of ether oxygens (including phenoxy) is 1. The normalized spacial score (nSPS) is 21.9. The van der Waals surface area contributed by atoms with Gasteiger partial charge < -0.3 is 4.74 Å². The summed E-state index contributed by atoms with van der Waals surface area (Å²) in [5.74, 6) is -0.0664. The van der Waals surface area contributed by atoms with Crippen LogP contribution in [0, 0.1) is 0 Å². The molecule has 2 rings (SSSR count). The predicted molar refractivity (Wildman–Crippen MR) is 72.0 cm³/mol. The van der Waals surface area contributed by atoms with Gasteiger partial charge in [0.05, 0.1) is 6.61 Å². The molecule has 0 amide bonds. The van der Waals surface area contributed by atoms with Gasteiger partial charge in [-0.15, -0.1) is 11.8 Å². The van der Waals surface area contributed by atoms with Crippen molar-refractivity contribution in [3.05, 3.63) is 10.5 Å². The average Bonchev–Trinajstić information content (AvgIpc) is 2.79. The van der Waals surface area contributed by atoms with Gasteiger partial charge in [0.15, 0.2) is 0 Å². The van der Waals surface area contributed by atoms with E-state index >= 15 is 0 Å². The first-order valence-electron chi connectivity index (χ1n) is 6.87. The lowest BCUT2D eigenvalue weighted by Gasteiger charge is -2.21. The molecule has 0 aromatic carbocycles. The van der Waals surface area contributed by atoms with Crippen LogP contribution in [-0.2, 0) is 9.53 Å². The van der Waals surface area contributed by atoms with Crippen molar-refractivity contribution in [1.82, 2.24) is 0 Å².